The lowest BCUT2D eigenvalue weighted by molar-refractivity contribution is -0.384. The predicted molar refractivity (Wildman–Crippen MR) is 62.2 cm³/mol. The highest BCUT2D eigenvalue weighted by Gasteiger charge is 2.11. The molecule has 0 heterocycles. The highest BCUT2D eigenvalue weighted by Crippen LogP contribution is 2.24. The van der Waals surface area contributed by atoms with Crippen molar-refractivity contribution in [2.24, 2.45) is 0 Å². The molecule has 1 N–H and O–H groups in total. The number of benzene rings is 1. The number of nitrogens with zero attached hydrogens (tertiary/aromatic N) is 1. The number of carbonyl (C=O) groups excluding carboxylic acids is 1. The number of amides is 1. The number of halogens is 1. The fourth-order valence-electron chi connectivity index (χ4n) is 1.23. The SMILES string of the molecule is COc1cc([N+](=O)[O-])ccc1CNC(=O)CCl. The van der Waals surface area contributed by atoms with Crippen LogP contribution in [0, 0.1) is 10.1 Å². The number of alkyl halides is 1. The average Bonchev–Trinajstić information content (AvgIpc) is 2.35. The van der Waals surface area contributed by atoms with E-state index in [1.165, 1.54) is 25.3 Å². The molecule has 0 saturated carbocycles. The first-order valence-corrected chi connectivity index (χ1v) is 5.26. The van der Waals surface area contributed by atoms with Crippen molar-refractivity contribution in [1.82, 2.24) is 5.32 Å². The molecule has 1 amide bonds. The molecule has 0 saturated heterocycles. The Balaban J connectivity index is 2.85. The molecule has 0 bridgehead atoms. The standard InChI is InChI=1S/C10H11ClN2O4/c1-17-9-4-8(13(15)16)3-2-7(9)6-12-10(14)5-11/h2-4H,5-6H2,1H3,(H,12,14). The number of ether oxygens (including phenoxy) is 1. The Morgan fingerprint density at radius 2 is 2.29 bits per heavy atom. The van der Waals surface area contributed by atoms with Gasteiger partial charge in [0.15, 0.2) is 0 Å². The molecule has 17 heavy (non-hydrogen) atoms. The highest BCUT2D eigenvalue weighted by atomic mass is 35.5. The molecule has 0 radical (unpaired) electrons. The molecular formula is C10H11ClN2O4. The lowest BCUT2D eigenvalue weighted by Crippen LogP contribution is -2.23. The van der Waals surface area contributed by atoms with E-state index in [0.29, 0.717) is 11.3 Å². The van der Waals surface area contributed by atoms with Gasteiger partial charge in [0.05, 0.1) is 18.1 Å². The fourth-order valence-corrected chi connectivity index (χ4v) is 1.33. The summed E-state index contributed by atoms with van der Waals surface area (Å²) in [4.78, 5) is 21.0. The zero-order valence-electron chi connectivity index (χ0n) is 9.10. The first kappa shape index (κ1) is 13.2. The minimum Gasteiger partial charge on any atom is -0.496 e. The first-order chi connectivity index (χ1) is 8.08. The van der Waals surface area contributed by atoms with Gasteiger partial charge in [0.1, 0.15) is 11.6 Å². The molecule has 6 nitrogen and oxygen atoms in total. The van der Waals surface area contributed by atoms with Gasteiger partial charge in [-0.15, -0.1) is 11.6 Å². The third kappa shape index (κ3) is 3.60. The van der Waals surface area contributed by atoms with Crippen molar-refractivity contribution >= 4 is 23.2 Å². The van der Waals surface area contributed by atoms with Crippen LogP contribution in [0.5, 0.6) is 5.75 Å². The summed E-state index contributed by atoms with van der Waals surface area (Å²) in [7, 11) is 1.41. The van der Waals surface area contributed by atoms with Gasteiger partial charge in [-0.3, -0.25) is 14.9 Å². The van der Waals surface area contributed by atoms with Crippen molar-refractivity contribution in [3.63, 3.8) is 0 Å². The van der Waals surface area contributed by atoms with Crippen LogP contribution < -0.4 is 10.1 Å². The second-order valence-corrected chi connectivity index (χ2v) is 3.43. The van der Waals surface area contributed by atoms with Crippen molar-refractivity contribution in [2.75, 3.05) is 13.0 Å². The van der Waals surface area contributed by atoms with Gasteiger partial charge in [0.25, 0.3) is 5.69 Å². The molecule has 0 unspecified atom stereocenters. The summed E-state index contributed by atoms with van der Waals surface area (Å²) in [6.45, 7) is 0.215. The quantitative estimate of drug-likeness (QED) is 0.492. The molecule has 92 valence electrons. The summed E-state index contributed by atoms with van der Waals surface area (Å²) in [5, 5.41) is 13.1. The molecule has 0 spiro atoms. The maximum atomic E-state index is 11.0. The third-order valence-electron chi connectivity index (χ3n) is 2.08. The van der Waals surface area contributed by atoms with Crippen LogP contribution >= 0.6 is 11.6 Å². The normalized spacial score (nSPS) is 9.76. The number of hydrogen-bond acceptors (Lipinski definition) is 4. The van der Waals surface area contributed by atoms with Crippen LogP contribution in [-0.4, -0.2) is 23.8 Å². The maximum absolute atomic E-state index is 11.0. The van der Waals surface area contributed by atoms with Crippen LogP contribution in [0.4, 0.5) is 5.69 Å². The molecule has 1 rings (SSSR count). The van der Waals surface area contributed by atoms with Gasteiger partial charge in [-0.25, -0.2) is 0 Å². The zero-order chi connectivity index (χ0) is 12.8. The Bertz CT molecular complexity index is 436. The van der Waals surface area contributed by atoms with Gasteiger partial charge in [0, 0.05) is 18.2 Å². The summed E-state index contributed by atoms with van der Waals surface area (Å²) in [6, 6.07) is 4.19. The first-order valence-electron chi connectivity index (χ1n) is 4.72. The molecular weight excluding hydrogens is 248 g/mol. The molecule has 0 aliphatic heterocycles. The Labute approximate surface area is 103 Å². The van der Waals surface area contributed by atoms with Crippen LogP contribution in [0.15, 0.2) is 18.2 Å². The zero-order valence-corrected chi connectivity index (χ0v) is 9.86. The van der Waals surface area contributed by atoms with E-state index in [1.54, 1.807) is 0 Å². The molecule has 1 aromatic rings. The molecule has 0 aromatic heterocycles. The number of carbonyl (C=O) groups is 1. The van der Waals surface area contributed by atoms with Crippen LogP contribution in [-0.2, 0) is 11.3 Å². The van der Waals surface area contributed by atoms with E-state index in [9.17, 15) is 14.9 Å². The van der Waals surface area contributed by atoms with Crippen LogP contribution in [0.3, 0.4) is 0 Å². The highest BCUT2D eigenvalue weighted by molar-refractivity contribution is 6.27. The van der Waals surface area contributed by atoms with E-state index in [4.69, 9.17) is 16.3 Å². The smallest absolute Gasteiger partial charge is 0.273 e. The lowest BCUT2D eigenvalue weighted by Gasteiger charge is -2.08. The van der Waals surface area contributed by atoms with E-state index in [2.05, 4.69) is 5.32 Å². The number of rotatable bonds is 5. The van der Waals surface area contributed by atoms with E-state index < -0.39 is 4.92 Å². The van der Waals surface area contributed by atoms with Crippen LogP contribution in [0.25, 0.3) is 0 Å². The van der Waals surface area contributed by atoms with Crippen LogP contribution in [0.2, 0.25) is 0 Å². The van der Waals surface area contributed by atoms with Gasteiger partial charge < -0.3 is 10.1 Å². The van der Waals surface area contributed by atoms with Crippen molar-refractivity contribution < 1.29 is 14.5 Å². The number of nitrogens with one attached hydrogen (secondary N) is 1. The van der Waals surface area contributed by atoms with E-state index in [-0.39, 0.29) is 24.0 Å². The summed E-state index contributed by atoms with van der Waals surface area (Å²) in [5.74, 6) is -0.0869. The number of nitro benzene ring substituents is 1. The number of methoxy groups -OCH3 is 1. The molecule has 0 fully saturated rings. The lowest BCUT2D eigenvalue weighted by atomic mass is 10.2. The Kier molecular flexibility index (Phi) is 4.71. The Morgan fingerprint density at radius 3 is 2.82 bits per heavy atom. The van der Waals surface area contributed by atoms with E-state index >= 15 is 0 Å². The van der Waals surface area contributed by atoms with Gasteiger partial charge in [0.2, 0.25) is 5.91 Å². The molecule has 0 atom stereocenters. The number of hydrogen-bond donors (Lipinski definition) is 1. The second-order valence-electron chi connectivity index (χ2n) is 3.16. The maximum Gasteiger partial charge on any atom is 0.273 e. The summed E-state index contributed by atoms with van der Waals surface area (Å²) >= 11 is 5.33. The topological polar surface area (TPSA) is 81.5 Å². The average molecular weight is 259 g/mol. The Hall–Kier alpha value is -1.82. The van der Waals surface area contributed by atoms with Gasteiger partial charge >= 0.3 is 0 Å². The van der Waals surface area contributed by atoms with Gasteiger partial charge in [-0.1, -0.05) is 0 Å². The van der Waals surface area contributed by atoms with E-state index in [0.717, 1.165) is 0 Å². The van der Waals surface area contributed by atoms with Crippen molar-refractivity contribution in [3.05, 3.63) is 33.9 Å². The second kappa shape index (κ2) is 6.05. The minimum atomic E-state index is -0.510. The van der Waals surface area contributed by atoms with Crippen molar-refractivity contribution in [2.45, 2.75) is 6.54 Å². The summed E-state index contributed by atoms with van der Waals surface area (Å²) < 4.78 is 5.01. The van der Waals surface area contributed by atoms with Crippen molar-refractivity contribution in [1.29, 1.82) is 0 Å². The van der Waals surface area contributed by atoms with E-state index in [1.807, 2.05) is 0 Å². The number of nitro groups is 1. The fraction of sp³-hybridized carbons (Fsp3) is 0.300. The molecule has 0 aliphatic rings. The monoisotopic (exact) mass is 258 g/mol. The largest absolute Gasteiger partial charge is 0.496 e. The number of non-ortho nitro benzene ring substituents is 1. The summed E-state index contributed by atoms with van der Waals surface area (Å²) in [5.41, 5.74) is 0.589. The molecule has 0 aliphatic carbocycles. The summed E-state index contributed by atoms with van der Waals surface area (Å²) in [6.07, 6.45) is 0. The molecule has 7 heteroatoms. The van der Waals surface area contributed by atoms with Crippen molar-refractivity contribution in [3.8, 4) is 5.75 Å². The van der Waals surface area contributed by atoms with Crippen LogP contribution in [0.1, 0.15) is 5.56 Å². The predicted octanol–water partition coefficient (Wildman–Crippen LogP) is 1.46. The van der Waals surface area contributed by atoms with Gasteiger partial charge in [-0.05, 0) is 6.07 Å². The third-order valence-corrected chi connectivity index (χ3v) is 2.32. The molecule has 1 aromatic carbocycles. The Morgan fingerprint density at radius 1 is 1.59 bits per heavy atom. The van der Waals surface area contributed by atoms with Gasteiger partial charge in [-0.2, -0.15) is 0 Å². The minimum absolute atomic E-state index is 0.0609.